The second kappa shape index (κ2) is 7.08. The number of nitrogens with zero attached hydrogens (tertiary/aromatic N) is 1. The van der Waals surface area contributed by atoms with Crippen LogP contribution in [-0.4, -0.2) is 4.98 Å². The Bertz CT molecular complexity index is 490. The maximum atomic E-state index is 4.22. The molecule has 0 aliphatic heterocycles. The van der Waals surface area contributed by atoms with Crippen molar-refractivity contribution in [2.75, 3.05) is 0 Å². The maximum absolute atomic E-state index is 4.22. The van der Waals surface area contributed by atoms with E-state index in [2.05, 4.69) is 55.2 Å². The lowest BCUT2D eigenvalue weighted by molar-refractivity contribution is 0.528. The van der Waals surface area contributed by atoms with Crippen molar-refractivity contribution >= 4 is 0 Å². The van der Waals surface area contributed by atoms with Crippen LogP contribution in [-0.2, 0) is 19.3 Å². The van der Waals surface area contributed by atoms with E-state index in [1.807, 2.05) is 12.4 Å². The molecule has 0 saturated heterocycles. The van der Waals surface area contributed by atoms with Gasteiger partial charge in [0.15, 0.2) is 0 Å². The van der Waals surface area contributed by atoms with Crippen LogP contribution in [0.1, 0.15) is 37.0 Å². The molecule has 1 atom stereocenters. The molecule has 1 heterocycles. The number of aryl methyl sites for hydroxylation is 2. The Labute approximate surface area is 116 Å². The Kier molecular flexibility index (Phi) is 5.14. The normalized spacial score (nSPS) is 12.3. The molecule has 0 aliphatic carbocycles. The standard InChI is InChI=1S/C18H23N/c1-3-17-14-19-12-11-18(17)13-15(2)9-10-16-7-5-4-6-8-16/h4-8,11-12,14-15H,3,9-10,13H2,1-2H3. The second-order valence-corrected chi connectivity index (χ2v) is 5.33. The van der Waals surface area contributed by atoms with E-state index in [0.29, 0.717) is 5.92 Å². The molecule has 1 nitrogen and oxygen atoms in total. The zero-order chi connectivity index (χ0) is 13.5. The molecule has 1 unspecified atom stereocenters. The third-order valence-electron chi connectivity index (χ3n) is 3.72. The lowest BCUT2D eigenvalue weighted by Gasteiger charge is -2.14. The molecule has 19 heavy (non-hydrogen) atoms. The van der Waals surface area contributed by atoms with E-state index in [0.717, 1.165) is 6.42 Å². The third-order valence-corrected chi connectivity index (χ3v) is 3.72. The first kappa shape index (κ1) is 13.8. The predicted octanol–water partition coefficient (Wildman–Crippen LogP) is 4.46. The highest BCUT2D eigenvalue weighted by Gasteiger charge is 2.07. The van der Waals surface area contributed by atoms with Gasteiger partial charge >= 0.3 is 0 Å². The molecule has 1 aromatic heterocycles. The number of aromatic nitrogens is 1. The molecule has 1 aromatic carbocycles. The molecule has 0 radical (unpaired) electrons. The maximum Gasteiger partial charge on any atom is 0.0302 e. The summed E-state index contributed by atoms with van der Waals surface area (Å²) < 4.78 is 0. The first-order valence-electron chi connectivity index (χ1n) is 7.25. The Morgan fingerprint density at radius 1 is 1.05 bits per heavy atom. The van der Waals surface area contributed by atoms with Crippen LogP contribution < -0.4 is 0 Å². The second-order valence-electron chi connectivity index (χ2n) is 5.33. The summed E-state index contributed by atoms with van der Waals surface area (Å²) in [5.41, 5.74) is 4.31. The highest BCUT2D eigenvalue weighted by molar-refractivity contribution is 5.23. The molecule has 0 N–H and O–H groups in total. The van der Waals surface area contributed by atoms with Crippen molar-refractivity contribution in [2.45, 2.75) is 39.5 Å². The molecular formula is C18H23N. The molecule has 100 valence electrons. The summed E-state index contributed by atoms with van der Waals surface area (Å²) in [6.07, 6.45) is 8.59. The van der Waals surface area contributed by atoms with Crippen LogP contribution in [0.15, 0.2) is 48.8 Å². The molecule has 0 saturated carbocycles. The molecule has 1 heteroatoms. The summed E-state index contributed by atoms with van der Waals surface area (Å²) in [5.74, 6) is 0.716. The zero-order valence-corrected chi connectivity index (χ0v) is 12.0. The third kappa shape index (κ3) is 4.20. The van der Waals surface area contributed by atoms with E-state index in [1.54, 1.807) is 0 Å². The first-order valence-corrected chi connectivity index (χ1v) is 7.25. The quantitative estimate of drug-likeness (QED) is 0.741. The van der Waals surface area contributed by atoms with Crippen molar-refractivity contribution in [1.29, 1.82) is 0 Å². The minimum absolute atomic E-state index is 0.716. The fraction of sp³-hybridized carbons (Fsp3) is 0.389. The van der Waals surface area contributed by atoms with Crippen LogP contribution in [0.3, 0.4) is 0 Å². The molecule has 0 aliphatic rings. The van der Waals surface area contributed by atoms with Crippen LogP contribution in [0.4, 0.5) is 0 Å². The summed E-state index contributed by atoms with van der Waals surface area (Å²) >= 11 is 0. The van der Waals surface area contributed by atoms with E-state index < -0.39 is 0 Å². The number of hydrogen-bond donors (Lipinski definition) is 0. The van der Waals surface area contributed by atoms with Crippen LogP contribution in [0.5, 0.6) is 0 Å². The number of benzene rings is 1. The lowest BCUT2D eigenvalue weighted by atomic mass is 9.92. The largest absolute Gasteiger partial charge is 0.264 e. The van der Waals surface area contributed by atoms with Crippen molar-refractivity contribution in [3.63, 3.8) is 0 Å². The fourth-order valence-electron chi connectivity index (χ4n) is 2.51. The van der Waals surface area contributed by atoms with Gasteiger partial charge in [-0.1, -0.05) is 44.2 Å². The van der Waals surface area contributed by atoms with Crippen LogP contribution in [0.2, 0.25) is 0 Å². The smallest absolute Gasteiger partial charge is 0.0302 e. The molecule has 0 amide bonds. The van der Waals surface area contributed by atoms with Gasteiger partial charge < -0.3 is 0 Å². The van der Waals surface area contributed by atoms with E-state index >= 15 is 0 Å². The Balaban J connectivity index is 1.89. The van der Waals surface area contributed by atoms with Gasteiger partial charge in [0.25, 0.3) is 0 Å². The summed E-state index contributed by atoms with van der Waals surface area (Å²) in [4.78, 5) is 4.22. The molecular weight excluding hydrogens is 230 g/mol. The number of hydrogen-bond acceptors (Lipinski definition) is 1. The van der Waals surface area contributed by atoms with Crippen LogP contribution >= 0.6 is 0 Å². The molecule has 0 spiro atoms. The lowest BCUT2D eigenvalue weighted by Crippen LogP contribution is -2.04. The minimum atomic E-state index is 0.716. The predicted molar refractivity (Wildman–Crippen MR) is 81.2 cm³/mol. The molecule has 0 bridgehead atoms. The van der Waals surface area contributed by atoms with Gasteiger partial charge in [-0.3, -0.25) is 4.98 Å². The summed E-state index contributed by atoms with van der Waals surface area (Å²) in [7, 11) is 0. The highest BCUT2D eigenvalue weighted by Crippen LogP contribution is 2.17. The molecule has 2 rings (SSSR count). The Morgan fingerprint density at radius 2 is 1.84 bits per heavy atom. The molecule has 0 fully saturated rings. The Hall–Kier alpha value is -1.63. The summed E-state index contributed by atoms with van der Waals surface area (Å²) in [6, 6.07) is 12.9. The van der Waals surface area contributed by atoms with Crippen LogP contribution in [0.25, 0.3) is 0 Å². The Morgan fingerprint density at radius 3 is 2.58 bits per heavy atom. The first-order chi connectivity index (χ1) is 9.29. The van der Waals surface area contributed by atoms with Crippen molar-refractivity contribution in [3.8, 4) is 0 Å². The van der Waals surface area contributed by atoms with Gasteiger partial charge in [-0.05, 0) is 54.4 Å². The minimum Gasteiger partial charge on any atom is -0.264 e. The van der Waals surface area contributed by atoms with Crippen molar-refractivity contribution in [3.05, 3.63) is 65.5 Å². The fourth-order valence-corrected chi connectivity index (χ4v) is 2.51. The van der Waals surface area contributed by atoms with E-state index in [-0.39, 0.29) is 0 Å². The zero-order valence-electron chi connectivity index (χ0n) is 12.0. The average molecular weight is 253 g/mol. The van der Waals surface area contributed by atoms with E-state index in [1.165, 1.54) is 36.0 Å². The van der Waals surface area contributed by atoms with Crippen molar-refractivity contribution in [2.24, 2.45) is 5.92 Å². The van der Waals surface area contributed by atoms with Gasteiger partial charge in [0.2, 0.25) is 0 Å². The van der Waals surface area contributed by atoms with Gasteiger partial charge in [0.1, 0.15) is 0 Å². The van der Waals surface area contributed by atoms with Gasteiger partial charge in [-0.15, -0.1) is 0 Å². The highest BCUT2D eigenvalue weighted by atomic mass is 14.6. The van der Waals surface area contributed by atoms with Crippen LogP contribution in [0, 0.1) is 5.92 Å². The SMILES string of the molecule is CCc1cnccc1CC(C)CCc1ccccc1. The van der Waals surface area contributed by atoms with E-state index in [4.69, 9.17) is 0 Å². The monoisotopic (exact) mass is 253 g/mol. The topological polar surface area (TPSA) is 12.9 Å². The van der Waals surface area contributed by atoms with Gasteiger partial charge in [0.05, 0.1) is 0 Å². The van der Waals surface area contributed by atoms with Crippen molar-refractivity contribution in [1.82, 2.24) is 4.98 Å². The molecule has 2 aromatic rings. The van der Waals surface area contributed by atoms with Gasteiger partial charge in [-0.25, -0.2) is 0 Å². The van der Waals surface area contributed by atoms with Gasteiger partial charge in [0, 0.05) is 12.4 Å². The van der Waals surface area contributed by atoms with Gasteiger partial charge in [-0.2, -0.15) is 0 Å². The summed E-state index contributed by atoms with van der Waals surface area (Å²) in [6.45, 7) is 4.55. The number of pyridine rings is 1. The van der Waals surface area contributed by atoms with Crippen molar-refractivity contribution < 1.29 is 0 Å². The average Bonchev–Trinajstić information content (AvgIpc) is 2.47. The van der Waals surface area contributed by atoms with E-state index in [9.17, 15) is 0 Å². The number of rotatable bonds is 6. The summed E-state index contributed by atoms with van der Waals surface area (Å²) in [5, 5.41) is 0.